The number of methoxy groups -OCH3 is 1. The minimum atomic E-state index is -2.83. The van der Waals surface area contributed by atoms with Crippen molar-refractivity contribution in [3.8, 4) is 16.9 Å². The van der Waals surface area contributed by atoms with Crippen molar-refractivity contribution in [1.82, 2.24) is 15.2 Å². The lowest BCUT2D eigenvalue weighted by Gasteiger charge is -2.34. The van der Waals surface area contributed by atoms with Crippen molar-refractivity contribution in [2.45, 2.75) is 37.1 Å². The Morgan fingerprint density at radius 2 is 1.81 bits per heavy atom. The molecule has 31 heavy (non-hydrogen) atoms. The van der Waals surface area contributed by atoms with Gasteiger partial charge in [-0.15, -0.1) is 0 Å². The van der Waals surface area contributed by atoms with E-state index >= 15 is 0 Å². The van der Waals surface area contributed by atoms with Gasteiger partial charge in [0.2, 0.25) is 5.92 Å². The number of benzene rings is 1. The molecule has 1 aromatic heterocycles. The predicted octanol–water partition coefficient (Wildman–Crippen LogP) is 3.44. The number of halogens is 2. The van der Waals surface area contributed by atoms with Gasteiger partial charge in [-0.2, -0.15) is 0 Å². The van der Waals surface area contributed by atoms with E-state index in [1.807, 2.05) is 0 Å². The van der Waals surface area contributed by atoms with Crippen molar-refractivity contribution in [2.75, 3.05) is 13.7 Å². The topological polar surface area (TPSA) is 88.6 Å². The Kier molecular flexibility index (Phi) is 5.20. The Morgan fingerprint density at radius 3 is 2.45 bits per heavy atom. The standard InChI is InChI=1S/C22H21F2N3O4/c1-31-18-12-25-11-6-16(18)14-2-4-15(5-3-14)17(28)13-27-19(29)21(26-20(27)30)7-9-22(23,24)10-8-21/h2-6,11-12H,7-10,13H2,1H3,(H,26,30). The largest absolute Gasteiger partial charge is 0.494 e. The number of rotatable bonds is 5. The fraction of sp³-hybridized carbons (Fsp3) is 0.364. The fourth-order valence-corrected chi connectivity index (χ4v) is 4.05. The van der Waals surface area contributed by atoms with E-state index in [-0.39, 0.29) is 12.8 Å². The van der Waals surface area contributed by atoms with Crippen LogP contribution in [-0.4, -0.2) is 52.7 Å². The van der Waals surface area contributed by atoms with E-state index in [1.165, 1.54) is 7.11 Å². The maximum absolute atomic E-state index is 13.5. The first-order valence-electron chi connectivity index (χ1n) is 9.88. The number of amides is 3. The number of aromatic nitrogens is 1. The summed E-state index contributed by atoms with van der Waals surface area (Å²) >= 11 is 0. The summed E-state index contributed by atoms with van der Waals surface area (Å²) in [5.41, 5.74) is 0.615. The average molecular weight is 429 g/mol. The van der Waals surface area contributed by atoms with Crippen molar-refractivity contribution >= 4 is 17.7 Å². The molecule has 1 aromatic carbocycles. The van der Waals surface area contributed by atoms with Crippen LogP contribution in [0, 0.1) is 0 Å². The van der Waals surface area contributed by atoms with Crippen LogP contribution < -0.4 is 10.1 Å². The highest BCUT2D eigenvalue weighted by Crippen LogP contribution is 2.41. The van der Waals surface area contributed by atoms with Crippen LogP contribution >= 0.6 is 0 Å². The molecular formula is C22H21F2N3O4. The zero-order chi connectivity index (χ0) is 22.2. The lowest BCUT2D eigenvalue weighted by atomic mass is 9.80. The predicted molar refractivity (Wildman–Crippen MR) is 107 cm³/mol. The van der Waals surface area contributed by atoms with Gasteiger partial charge in [-0.05, 0) is 24.5 Å². The van der Waals surface area contributed by atoms with Crippen LogP contribution in [0.4, 0.5) is 13.6 Å². The zero-order valence-corrected chi connectivity index (χ0v) is 16.9. The maximum Gasteiger partial charge on any atom is 0.325 e. The molecule has 7 nitrogen and oxygen atoms in total. The molecule has 0 unspecified atom stereocenters. The van der Waals surface area contributed by atoms with Gasteiger partial charge < -0.3 is 10.1 Å². The third-order valence-corrected chi connectivity index (χ3v) is 5.90. The smallest absolute Gasteiger partial charge is 0.325 e. The first-order chi connectivity index (χ1) is 14.7. The minimum Gasteiger partial charge on any atom is -0.494 e. The van der Waals surface area contributed by atoms with E-state index in [9.17, 15) is 23.2 Å². The SMILES string of the molecule is COc1cnccc1-c1ccc(C(=O)CN2C(=O)NC3(CCC(F)(F)CC3)C2=O)cc1. The summed E-state index contributed by atoms with van der Waals surface area (Å²) in [5.74, 6) is -3.28. The highest BCUT2D eigenvalue weighted by atomic mass is 19.3. The molecule has 2 heterocycles. The van der Waals surface area contributed by atoms with Crippen molar-refractivity contribution < 1.29 is 27.9 Å². The first-order valence-corrected chi connectivity index (χ1v) is 9.88. The number of carbonyl (C=O) groups is 3. The molecule has 9 heteroatoms. The molecule has 3 amide bonds. The van der Waals surface area contributed by atoms with Crippen molar-refractivity contribution in [3.05, 3.63) is 48.3 Å². The molecule has 0 bridgehead atoms. The van der Waals surface area contributed by atoms with E-state index in [4.69, 9.17) is 4.74 Å². The Hall–Kier alpha value is -3.36. The van der Waals surface area contributed by atoms with E-state index < -0.39 is 48.6 Å². The molecule has 1 aliphatic carbocycles. The molecule has 2 aliphatic rings. The van der Waals surface area contributed by atoms with Crippen LogP contribution in [-0.2, 0) is 4.79 Å². The fourth-order valence-electron chi connectivity index (χ4n) is 4.05. The van der Waals surface area contributed by atoms with E-state index in [2.05, 4.69) is 10.3 Å². The molecule has 1 saturated carbocycles. The summed E-state index contributed by atoms with van der Waals surface area (Å²) in [6.07, 6.45) is 1.99. The van der Waals surface area contributed by atoms with Gasteiger partial charge in [-0.3, -0.25) is 19.5 Å². The number of hydrogen-bond acceptors (Lipinski definition) is 5. The summed E-state index contributed by atoms with van der Waals surface area (Å²) in [7, 11) is 1.54. The Labute approximate surface area is 177 Å². The first kappa shape index (κ1) is 20.9. The number of hydrogen-bond donors (Lipinski definition) is 1. The van der Waals surface area contributed by atoms with Crippen LogP contribution in [0.15, 0.2) is 42.7 Å². The van der Waals surface area contributed by atoms with Gasteiger partial charge in [0, 0.05) is 30.2 Å². The highest BCUT2D eigenvalue weighted by Gasteiger charge is 2.55. The van der Waals surface area contributed by atoms with E-state index in [1.54, 1.807) is 42.7 Å². The number of nitrogens with one attached hydrogen (secondary N) is 1. The number of pyridine rings is 1. The maximum atomic E-state index is 13.5. The van der Waals surface area contributed by atoms with Gasteiger partial charge >= 0.3 is 6.03 Å². The monoisotopic (exact) mass is 429 g/mol. The van der Waals surface area contributed by atoms with Gasteiger partial charge in [-0.25, -0.2) is 13.6 Å². The third kappa shape index (κ3) is 3.87. The molecule has 2 fully saturated rings. The number of alkyl halides is 2. The van der Waals surface area contributed by atoms with Gasteiger partial charge in [0.1, 0.15) is 11.3 Å². The Balaban J connectivity index is 1.47. The lowest BCUT2D eigenvalue weighted by molar-refractivity contribution is -0.135. The molecular weight excluding hydrogens is 408 g/mol. The number of nitrogens with zero attached hydrogens (tertiary/aromatic N) is 2. The number of imide groups is 1. The van der Waals surface area contributed by atoms with Gasteiger partial charge in [0.25, 0.3) is 5.91 Å². The second-order valence-corrected chi connectivity index (χ2v) is 7.84. The molecule has 1 N–H and O–H groups in total. The van der Waals surface area contributed by atoms with Gasteiger partial charge in [0.05, 0.1) is 19.9 Å². The summed E-state index contributed by atoms with van der Waals surface area (Å²) in [4.78, 5) is 42.7. The second kappa shape index (κ2) is 7.72. The number of ketones is 1. The van der Waals surface area contributed by atoms with E-state index in [0.29, 0.717) is 11.3 Å². The van der Waals surface area contributed by atoms with Crippen molar-refractivity contribution in [3.63, 3.8) is 0 Å². The normalized spacial score (nSPS) is 19.4. The van der Waals surface area contributed by atoms with Gasteiger partial charge in [0.15, 0.2) is 5.78 Å². The zero-order valence-electron chi connectivity index (χ0n) is 16.9. The number of urea groups is 1. The van der Waals surface area contributed by atoms with Crippen molar-refractivity contribution in [1.29, 1.82) is 0 Å². The molecule has 1 saturated heterocycles. The molecule has 162 valence electrons. The lowest BCUT2D eigenvalue weighted by Crippen LogP contribution is -2.51. The molecule has 0 radical (unpaired) electrons. The number of carbonyl (C=O) groups excluding carboxylic acids is 3. The minimum absolute atomic E-state index is 0.141. The summed E-state index contributed by atoms with van der Waals surface area (Å²) in [6, 6.07) is 7.75. The molecule has 1 aliphatic heterocycles. The van der Waals surface area contributed by atoms with Crippen LogP contribution in [0.25, 0.3) is 11.1 Å². The third-order valence-electron chi connectivity index (χ3n) is 5.90. The second-order valence-electron chi connectivity index (χ2n) is 7.84. The van der Waals surface area contributed by atoms with Crippen LogP contribution in [0.3, 0.4) is 0 Å². The molecule has 2 aromatic rings. The molecule has 4 rings (SSSR count). The Bertz CT molecular complexity index is 1030. The van der Waals surface area contributed by atoms with Crippen LogP contribution in [0.5, 0.6) is 5.75 Å². The number of ether oxygens (including phenoxy) is 1. The van der Waals surface area contributed by atoms with Crippen molar-refractivity contribution in [2.24, 2.45) is 0 Å². The van der Waals surface area contributed by atoms with Crippen LogP contribution in [0.1, 0.15) is 36.0 Å². The summed E-state index contributed by atoms with van der Waals surface area (Å²) < 4.78 is 32.3. The summed E-state index contributed by atoms with van der Waals surface area (Å²) in [5, 5.41) is 2.54. The molecule has 1 spiro atoms. The van der Waals surface area contributed by atoms with Gasteiger partial charge in [-0.1, -0.05) is 24.3 Å². The summed E-state index contributed by atoms with van der Waals surface area (Å²) in [6.45, 7) is -0.444. The molecule has 0 atom stereocenters. The highest BCUT2D eigenvalue weighted by molar-refractivity contribution is 6.11. The average Bonchev–Trinajstić information content (AvgIpc) is 3.00. The Morgan fingerprint density at radius 1 is 1.13 bits per heavy atom. The van der Waals surface area contributed by atoms with E-state index in [0.717, 1.165) is 16.0 Å². The quantitative estimate of drug-likeness (QED) is 0.581. The number of Topliss-reactive ketones (excluding diaryl/α,β-unsaturated/α-hetero) is 1. The van der Waals surface area contributed by atoms with Crippen LogP contribution in [0.2, 0.25) is 0 Å².